The molecule has 1 saturated heterocycles. The lowest BCUT2D eigenvalue weighted by molar-refractivity contribution is 0.256. The van der Waals surface area contributed by atoms with Gasteiger partial charge in [0.05, 0.1) is 5.69 Å². The number of amides is 2. The van der Waals surface area contributed by atoms with Crippen molar-refractivity contribution in [2.75, 3.05) is 18.4 Å². The van der Waals surface area contributed by atoms with Gasteiger partial charge in [0.25, 0.3) is 0 Å². The molecule has 1 aromatic carbocycles. The van der Waals surface area contributed by atoms with Gasteiger partial charge in [-0.15, -0.1) is 0 Å². The summed E-state index contributed by atoms with van der Waals surface area (Å²) >= 11 is 0. The van der Waals surface area contributed by atoms with Gasteiger partial charge in [0.15, 0.2) is 5.82 Å². The first-order valence-corrected chi connectivity index (χ1v) is 5.81. The Labute approximate surface area is 98.6 Å². The van der Waals surface area contributed by atoms with E-state index in [4.69, 9.17) is 0 Å². The zero-order valence-electron chi connectivity index (χ0n) is 9.29. The first kappa shape index (κ1) is 10.5. The number of hydrogen-bond acceptors (Lipinski definition) is 2. The monoisotopic (exact) mass is 234 g/mol. The molecule has 1 aromatic rings. The number of fused-ring (bicyclic) bond motifs is 1. The third-order valence-electron chi connectivity index (χ3n) is 3.35. The van der Waals surface area contributed by atoms with E-state index >= 15 is 0 Å². The summed E-state index contributed by atoms with van der Waals surface area (Å²) in [6, 6.07) is 2.88. The average molecular weight is 234 g/mol. The number of urea groups is 1. The highest BCUT2D eigenvalue weighted by Gasteiger charge is 2.25. The summed E-state index contributed by atoms with van der Waals surface area (Å²) in [4.78, 5) is 11.1. The van der Waals surface area contributed by atoms with Crippen molar-refractivity contribution in [3.05, 3.63) is 23.5 Å². The molecule has 0 atom stereocenters. The number of carbonyl (C=O) groups is 1. The molecule has 4 nitrogen and oxygen atoms in total. The van der Waals surface area contributed by atoms with Crippen LogP contribution in [-0.2, 0) is 0 Å². The van der Waals surface area contributed by atoms with Gasteiger partial charge in [0.2, 0.25) is 0 Å². The fourth-order valence-corrected chi connectivity index (χ4v) is 2.46. The van der Waals surface area contributed by atoms with E-state index in [9.17, 15) is 9.18 Å². The van der Waals surface area contributed by atoms with Crippen LogP contribution in [0.2, 0.25) is 0 Å². The molecule has 0 unspecified atom stereocenters. The molecule has 3 rings (SSSR count). The summed E-state index contributed by atoms with van der Waals surface area (Å²) in [6.07, 6.45) is 2.01. The van der Waals surface area contributed by atoms with Crippen LogP contribution >= 0.6 is 0 Å². The lowest BCUT2D eigenvalue weighted by atomic mass is 9.90. The fourth-order valence-electron chi connectivity index (χ4n) is 2.46. The summed E-state index contributed by atoms with van der Waals surface area (Å²) in [6.45, 7) is 1.92. The minimum Gasteiger partial charge on any atom is -0.317 e. The Morgan fingerprint density at radius 1 is 1.29 bits per heavy atom. The molecule has 1 radical (unpaired) electrons. The molecule has 2 amide bonds. The standard InChI is InChI=1S/C12H13FN3O/c13-9-5-8(7-1-3-14-4-2-7)6-10-11(9)16-12(17)15-10/h5-7,14H,1-4H2,(H,15,17). The number of rotatable bonds is 1. The largest absolute Gasteiger partial charge is 0.346 e. The van der Waals surface area contributed by atoms with Crippen LogP contribution in [0.4, 0.5) is 20.6 Å². The highest BCUT2D eigenvalue weighted by Crippen LogP contribution is 2.36. The van der Waals surface area contributed by atoms with Crippen LogP contribution in [-0.4, -0.2) is 19.1 Å². The Morgan fingerprint density at radius 2 is 2.06 bits per heavy atom. The molecular formula is C12H13FN3O. The highest BCUT2D eigenvalue weighted by molar-refractivity contribution is 6.02. The third kappa shape index (κ3) is 1.86. The van der Waals surface area contributed by atoms with E-state index in [1.54, 1.807) is 0 Å². The average Bonchev–Trinajstić information content (AvgIpc) is 2.71. The first-order valence-electron chi connectivity index (χ1n) is 5.81. The van der Waals surface area contributed by atoms with Crippen LogP contribution in [0.3, 0.4) is 0 Å². The lowest BCUT2D eigenvalue weighted by Gasteiger charge is -2.23. The van der Waals surface area contributed by atoms with Gasteiger partial charge in [0, 0.05) is 0 Å². The van der Waals surface area contributed by atoms with Crippen molar-refractivity contribution in [3.63, 3.8) is 0 Å². The smallest absolute Gasteiger partial charge is 0.317 e. The SMILES string of the molecule is O=C1[N]c2c(F)cc(C3CCNCC3)cc2N1. The van der Waals surface area contributed by atoms with Gasteiger partial charge < -0.3 is 10.6 Å². The molecule has 0 saturated carbocycles. The molecule has 0 aliphatic carbocycles. The van der Waals surface area contributed by atoms with Crippen LogP contribution in [0.5, 0.6) is 0 Å². The predicted octanol–water partition coefficient (Wildman–Crippen LogP) is 2.07. The van der Waals surface area contributed by atoms with Crippen molar-refractivity contribution >= 4 is 17.4 Å². The van der Waals surface area contributed by atoms with E-state index < -0.39 is 11.8 Å². The number of halogens is 1. The Morgan fingerprint density at radius 3 is 2.82 bits per heavy atom. The van der Waals surface area contributed by atoms with E-state index in [2.05, 4.69) is 16.0 Å². The summed E-state index contributed by atoms with van der Waals surface area (Å²) in [5.74, 6) is -0.0389. The third-order valence-corrected chi connectivity index (χ3v) is 3.35. The molecule has 0 bridgehead atoms. The number of hydrogen-bond donors (Lipinski definition) is 2. The number of carbonyl (C=O) groups excluding carboxylic acids is 1. The number of nitrogens with one attached hydrogen (secondary N) is 2. The van der Waals surface area contributed by atoms with Gasteiger partial charge >= 0.3 is 6.03 Å². The maximum absolute atomic E-state index is 13.8. The topological polar surface area (TPSA) is 55.2 Å². The van der Waals surface area contributed by atoms with Gasteiger partial charge in [-0.1, -0.05) is 0 Å². The Bertz CT molecular complexity index is 469. The van der Waals surface area contributed by atoms with E-state index in [1.807, 2.05) is 6.07 Å². The zero-order valence-corrected chi connectivity index (χ0v) is 9.29. The van der Waals surface area contributed by atoms with Gasteiger partial charge in [-0.2, -0.15) is 5.32 Å². The van der Waals surface area contributed by atoms with E-state index in [0.29, 0.717) is 11.6 Å². The van der Waals surface area contributed by atoms with Crippen LogP contribution in [0.15, 0.2) is 12.1 Å². The summed E-state index contributed by atoms with van der Waals surface area (Å²) in [5.41, 5.74) is 1.61. The number of piperidine rings is 1. The van der Waals surface area contributed by atoms with Crippen molar-refractivity contribution in [1.82, 2.24) is 10.6 Å². The maximum atomic E-state index is 13.8. The van der Waals surface area contributed by atoms with Crippen molar-refractivity contribution in [2.24, 2.45) is 0 Å². The van der Waals surface area contributed by atoms with Crippen molar-refractivity contribution in [2.45, 2.75) is 18.8 Å². The first-order chi connectivity index (χ1) is 8.24. The second-order valence-corrected chi connectivity index (χ2v) is 4.47. The highest BCUT2D eigenvalue weighted by atomic mass is 19.1. The maximum Gasteiger partial charge on any atom is 0.346 e. The summed E-state index contributed by atoms with van der Waals surface area (Å²) < 4.78 is 13.8. The molecule has 89 valence electrons. The zero-order chi connectivity index (χ0) is 11.8. The molecule has 2 aliphatic heterocycles. The summed E-state index contributed by atoms with van der Waals surface area (Å²) in [7, 11) is 0. The van der Waals surface area contributed by atoms with E-state index in [0.717, 1.165) is 31.5 Å². The molecule has 5 heteroatoms. The molecule has 0 spiro atoms. The van der Waals surface area contributed by atoms with Gasteiger partial charge in [-0.3, -0.25) is 0 Å². The Hall–Kier alpha value is -1.62. The Kier molecular flexibility index (Phi) is 2.48. The second-order valence-electron chi connectivity index (χ2n) is 4.47. The normalized spacial score (nSPS) is 19.7. The molecule has 2 N–H and O–H groups in total. The molecule has 1 fully saturated rings. The molecular weight excluding hydrogens is 221 g/mol. The minimum absolute atomic E-state index is 0.146. The lowest BCUT2D eigenvalue weighted by Crippen LogP contribution is -2.26. The van der Waals surface area contributed by atoms with Crippen LogP contribution < -0.4 is 16.0 Å². The Balaban J connectivity index is 1.94. The van der Waals surface area contributed by atoms with Crippen molar-refractivity contribution < 1.29 is 9.18 Å². The van der Waals surface area contributed by atoms with Crippen LogP contribution in [0, 0.1) is 5.82 Å². The predicted molar refractivity (Wildman–Crippen MR) is 62.1 cm³/mol. The van der Waals surface area contributed by atoms with E-state index in [1.165, 1.54) is 6.07 Å². The minimum atomic E-state index is -0.485. The van der Waals surface area contributed by atoms with Crippen molar-refractivity contribution in [1.29, 1.82) is 0 Å². The quantitative estimate of drug-likeness (QED) is 0.781. The molecule has 2 heterocycles. The van der Waals surface area contributed by atoms with Crippen LogP contribution in [0.25, 0.3) is 0 Å². The molecule has 0 aromatic heterocycles. The summed E-state index contributed by atoms with van der Waals surface area (Å²) in [5, 5.41) is 9.43. The number of anilines is 1. The molecule has 2 aliphatic rings. The van der Waals surface area contributed by atoms with Gasteiger partial charge in [-0.25, -0.2) is 9.18 Å². The number of benzene rings is 1. The number of nitrogens with zero attached hydrogens (tertiary/aromatic N) is 1. The fraction of sp³-hybridized carbons (Fsp3) is 0.417. The van der Waals surface area contributed by atoms with Gasteiger partial charge in [-0.05, 0) is 49.5 Å². The van der Waals surface area contributed by atoms with Gasteiger partial charge in [0.1, 0.15) is 5.69 Å². The van der Waals surface area contributed by atoms with Crippen LogP contribution in [0.1, 0.15) is 24.3 Å². The van der Waals surface area contributed by atoms with E-state index in [-0.39, 0.29) is 5.69 Å². The molecule has 17 heavy (non-hydrogen) atoms. The van der Waals surface area contributed by atoms with Crippen molar-refractivity contribution in [3.8, 4) is 0 Å². The second kappa shape index (κ2) is 4.00.